The lowest BCUT2D eigenvalue weighted by molar-refractivity contribution is 0.0687. The molecule has 5 nitrogen and oxygen atoms in total. The summed E-state index contributed by atoms with van der Waals surface area (Å²) < 4.78 is 6.05. The second kappa shape index (κ2) is 5.72. The van der Waals surface area contributed by atoms with Gasteiger partial charge < -0.3 is 9.84 Å². The highest BCUT2D eigenvalue weighted by Gasteiger charge is 2.22. The van der Waals surface area contributed by atoms with Crippen LogP contribution in [0.2, 0.25) is 0 Å². The van der Waals surface area contributed by atoms with Gasteiger partial charge in [0.15, 0.2) is 11.5 Å². The van der Waals surface area contributed by atoms with Gasteiger partial charge in [-0.3, -0.25) is 4.79 Å². The molecule has 0 fully saturated rings. The normalized spacial score (nSPS) is 10.3. The van der Waals surface area contributed by atoms with E-state index in [2.05, 4.69) is 20.9 Å². The Morgan fingerprint density at radius 2 is 2.10 bits per heavy atom. The fraction of sp³-hybridized carbons (Fsp3) is 0.154. The molecular formula is C13H10BrNO4S. The maximum absolute atomic E-state index is 11.5. The Labute approximate surface area is 127 Å². The van der Waals surface area contributed by atoms with E-state index in [1.165, 1.54) is 14.0 Å². The van der Waals surface area contributed by atoms with Crippen LogP contribution in [0.1, 0.15) is 27.1 Å². The zero-order valence-electron chi connectivity index (χ0n) is 10.6. The number of aromatic carboxylic acids is 1. The fourth-order valence-corrected chi connectivity index (χ4v) is 3.00. The number of thiazole rings is 1. The zero-order valence-corrected chi connectivity index (χ0v) is 13.0. The van der Waals surface area contributed by atoms with Crippen molar-refractivity contribution in [3.05, 3.63) is 33.2 Å². The molecule has 0 aliphatic carbocycles. The van der Waals surface area contributed by atoms with Gasteiger partial charge in [-0.1, -0.05) is 15.9 Å². The Kier molecular flexibility index (Phi) is 4.20. The third-order valence-corrected chi connectivity index (χ3v) is 4.22. The second-order valence-electron chi connectivity index (χ2n) is 3.90. The molecule has 0 aliphatic heterocycles. The molecule has 0 spiro atoms. The summed E-state index contributed by atoms with van der Waals surface area (Å²) in [6, 6.07) is 5.32. The van der Waals surface area contributed by atoms with E-state index in [1.54, 1.807) is 18.2 Å². The van der Waals surface area contributed by atoms with E-state index in [9.17, 15) is 9.59 Å². The molecule has 1 heterocycles. The zero-order chi connectivity index (χ0) is 14.9. The van der Waals surface area contributed by atoms with E-state index in [-0.39, 0.29) is 16.4 Å². The first-order valence-corrected chi connectivity index (χ1v) is 7.14. The molecule has 0 radical (unpaired) electrons. The minimum atomic E-state index is -1.22. The van der Waals surface area contributed by atoms with Gasteiger partial charge in [0.25, 0.3) is 0 Å². The standard InChI is InChI=1S/C13H10BrNO4S/c1-6(16)11-10(13(17)18)15-12(20-11)8-5-7(14)3-4-9(8)19-2/h3-5H,1-2H3,(H,17,18). The Morgan fingerprint density at radius 3 is 2.60 bits per heavy atom. The molecule has 2 rings (SSSR count). The van der Waals surface area contributed by atoms with Gasteiger partial charge >= 0.3 is 5.97 Å². The monoisotopic (exact) mass is 355 g/mol. The molecule has 0 aliphatic rings. The topological polar surface area (TPSA) is 76.5 Å². The van der Waals surface area contributed by atoms with Crippen LogP contribution in [0.4, 0.5) is 0 Å². The lowest BCUT2D eigenvalue weighted by Gasteiger charge is -2.05. The van der Waals surface area contributed by atoms with Gasteiger partial charge in [0.05, 0.1) is 12.7 Å². The Morgan fingerprint density at radius 1 is 1.40 bits per heavy atom. The first-order valence-electron chi connectivity index (χ1n) is 5.53. The summed E-state index contributed by atoms with van der Waals surface area (Å²) in [5, 5.41) is 9.54. The number of hydrogen-bond donors (Lipinski definition) is 1. The van der Waals surface area contributed by atoms with Crippen LogP contribution < -0.4 is 4.74 Å². The quantitative estimate of drug-likeness (QED) is 0.849. The molecule has 1 aromatic carbocycles. The van der Waals surface area contributed by atoms with Crippen LogP contribution in [0, 0.1) is 0 Å². The van der Waals surface area contributed by atoms with E-state index >= 15 is 0 Å². The van der Waals surface area contributed by atoms with Gasteiger partial charge in [0.1, 0.15) is 15.6 Å². The SMILES string of the molecule is COc1ccc(Br)cc1-c1nc(C(=O)O)c(C(C)=O)s1. The summed E-state index contributed by atoms with van der Waals surface area (Å²) in [5.41, 5.74) is 0.418. The Balaban J connectivity index is 2.65. The van der Waals surface area contributed by atoms with E-state index in [1.807, 2.05) is 0 Å². The summed E-state index contributed by atoms with van der Waals surface area (Å²) in [7, 11) is 1.52. The molecule has 104 valence electrons. The molecular weight excluding hydrogens is 346 g/mol. The Hall–Kier alpha value is -1.73. The van der Waals surface area contributed by atoms with Crippen molar-refractivity contribution < 1.29 is 19.4 Å². The van der Waals surface area contributed by atoms with Gasteiger partial charge in [0.2, 0.25) is 0 Å². The summed E-state index contributed by atoms with van der Waals surface area (Å²) in [6.45, 7) is 1.32. The number of benzene rings is 1. The highest BCUT2D eigenvalue weighted by molar-refractivity contribution is 9.10. The molecule has 0 bridgehead atoms. The summed E-state index contributed by atoms with van der Waals surface area (Å²) in [6.07, 6.45) is 0. The van der Waals surface area contributed by atoms with Crippen LogP contribution in [0.25, 0.3) is 10.6 Å². The van der Waals surface area contributed by atoms with Crippen molar-refractivity contribution in [3.8, 4) is 16.3 Å². The molecule has 1 N–H and O–H groups in total. The molecule has 7 heteroatoms. The number of rotatable bonds is 4. The maximum atomic E-state index is 11.5. The second-order valence-corrected chi connectivity index (χ2v) is 5.82. The molecule has 1 aromatic heterocycles. The molecule has 0 amide bonds. The third-order valence-electron chi connectivity index (χ3n) is 2.54. The van der Waals surface area contributed by atoms with Gasteiger partial charge in [0, 0.05) is 11.4 Å². The molecule has 20 heavy (non-hydrogen) atoms. The van der Waals surface area contributed by atoms with Crippen LogP contribution in [-0.2, 0) is 0 Å². The minimum absolute atomic E-state index is 0.134. The highest BCUT2D eigenvalue weighted by Crippen LogP contribution is 2.36. The number of Topliss-reactive ketones (excluding diaryl/α,β-unsaturated/α-hetero) is 1. The van der Waals surface area contributed by atoms with E-state index in [0.29, 0.717) is 16.3 Å². The number of carbonyl (C=O) groups excluding carboxylic acids is 1. The number of carboxylic acids is 1. The van der Waals surface area contributed by atoms with Crippen molar-refractivity contribution in [3.63, 3.8) is 0 Å². The predicted molar refractivity (Wildman–Crippen MR) is 78.8 cm³/mol. The Bertz CT molecular complexity index is 664. The first-order chi connectivity index (χ1) is 9.43. The van der Waals surface area contributed by atoms with Gasteiger partial charge in [-0.25, -0.2) is 9.78 Å². The van der Waals surface area contributed by atoms with E-state index in [0.717, 1.165) is 15.8 Å². The lowest BCUT2D eigenvalue weighted by atomic mass is 10.2. The molecule has 2 aromatic rings. The number of methoxy groups -OCH3 is 1. The van der Waals surface area contributed by atoms with Gasteiger partial charge in [-0.15, -0.1) is 11.3 Å². The average Bonchev–Trinajstić information content (AvgIpc) is 2.83. The summed E-state index contributed by atoms with van der Waals surface area (Å²) in [5.74, 6) is -0.972. The van der Waals surface area contributed by atoms with Crippen molar-refractivity contribution in [2.75, 3.05) is 7.11 Å². The van der Waals surface area contributed by atoms with Crippen molar-refractivity contribution in [2.45, 2.75) is 6.92 Å². The predicted octanol–water partition coefficient (Wildman–Crippen LogP) is 3.48. The van der Waals surface area contributed by atoms with Crippen LogP contribution in [0.3, 0.4) is 0 Å². The summed E-state index contributed by atoms with van der Waals surface area (Å²) in [4.78, 5) is 26.8. The molecule has 0 saturated heterocycles. The maximum Gasteiger partial charge on any atom is 0.356 e. The highest BCUT2D eigenvalue weighted by atomic mass is 79.9. The van der Waals surface area contributed by atoms with Gasteiger partial charge in [-0.2, -0.15) is 0 Å². The number of nitrogens with zero attached hydrogens (tertiary/aromatic N) is 1. The number of carboxylic acid groups (broad SMARTS) is 1. The largest absolute Gasteiger partial charge is 0.496 e. The van der Waals surface area contributed by atoms with Crippen LogP contribution >= 0.6 is 27.3 Å². The van der Waals surface area contributed by atoms with Gasteiger partial charge in [-0.05, 0) is 18.2 Å². The van der Waals surface area contributed by atoms with E-state index < -0.39 is 5.97 Å². The number of halogens is 1. The molecule has 0 unspecified atom stereocenters. The van der Waals surface area contributed by atoms with Crippen molar-refractivity contribution in [1.29, 1.82) is 0 Å². The first kappa shape index (κ1) is 14.7. The smallest absolute Gasteiger partial charge is 0.356 e. The van der Waals surface area contributed by atoms with Crippen LogP contribution in [-0.4, -0.2) is 29.0 Å². The summed E-state index contributed by atoms with van der Waals surface area (Å²) >= 11 is 4.39. The average molecular weight is 356 g/mol. The van der Waals surface area contributed by atoms with Crippen molar-refractivity contribution in [2.24, 2.45) is 0 Å². The molecule has 0 saturated carbocycles. The number of aromatic nitrogens is 1. The number of carbonyl (C=O) groups is 2. The van der Waals surface area contributed by atoms with Crippen LogP contribution in [0.5, 0.6) is 5.75 Å². The van der Waals surface area contributed by atoms with Crippen molar-refractivity contribution >= 4 is 39.0 Å². The number of ether oxygens (including phenoxy) is 1. The fourth-order valence-electron chi connectivity index (χ4n) is 1.67. The number of ketones is 1. The van der Waals surface area contributed by atoms with E-state index in [4.69, 9.17) is 9.84 Å². The lowest BCUT2D eigenvalue weighted by Crippen LogP contribution is -2.03. The third kappa shape index (κ3) is 2.73. The minimum Gasteiger partial charge on any atom is -0.496 e. The van der Waals surface area contributed by atoms with Crippen molar-refractivity contribution in [1.82, 2.24) is 4.98 Å². The number of hydrogen-bond acceptors (Lipinski definition) is 5. The van der Waals surface area contributed by atoms with Crippen LogP contribution in [0.15, 0.2) is 22.7 Å². The molecule has 0 atom stereocenters.